The van der Waals surface area contributed by atoms with Gasteiger partial charge in [-0.1, -0.05) is 56.3 Å². The number of allylic oxidation sites excluding steroid dienone is 1. The first kappa shape index (κ1) is 23.3. The van der Waals surface area contributed by atoms with Crippen LogP contribution in [0.15, 0.2) is 78.9 Å². The van der Waals surface area contributed by atoms with E-state index in [-0.39, 0.29) is 5.78 Å². The van der Waals surface area contributed by atoms with Gasteiger partial charge in [-0.2, -0.15) is 0 Å². The molecule has 0 spiro atoms. The number of ether oxygens (including phenoxy) is 2. The van der Waals surface area contributed by atoms with Gasteiger partial charge >= 0.3 is 0 Å². The Morgan fingerprint density at radius 3 is 2.03 bits per heavy atom. The van der Waals surface area contributed by atoms with Crippen molar-refractivity contribution >= 4 is 17.4 Å². The summed E-state index contributed by atoms with van der Waals surface area (Å²) in [7, 11) is 1.64. The molecule has 0 aliphatic heterocycles. The summed E-state index contributed by atoms with van der Waals surface area (Å²) in [5.41, 5.74) is 3.10. The molecule has 4 nitrogen and oxygen atoms in total. The summed E-state index contributed by atoms with van der Waals surface area (Å²) in [5.74, 6) is 1.53. The van der Waals surface area contributed by atoms with Crippen molar-refractivity contribution in [3.63, 3.8) is 0 Å². The molecule has 0 radical (unpaired) electrons. The van der Waals surface area contributed by atoms with E-state index in [0.717, 1.165) is 42.3 Å². The molecular formula is C28H31NO3. The van der Waals surface area contributed by atoms with Gasteiger partial charge in [-0.25, -0.2) is 0 Å². The molecule has 3 aromatic carbocycles. The lowest BCUT2D eigenvalue weighted by atomic mass is 9.94. The topological polar surface area (TPSA) is 38.8 Å². The third-order valence-corrected chi connectivity index (χ3v) is 5.44. The standard InChI is InChI=1S/C28H31NO3/c1-4-29(5-2)19-20-32-26-17-13-24(14-18-26)28(30)27(23-9-7-6-8-10-23)21-22-11-15-25(31-3)16-12-22/h6-18,21H,4-5,19-20H2,1-3H3. The molecule has 0 saturated heterocycles. The van der Waals surface area contributed by atoms with Crippen molar-refractivity contribution < 1.29 is 14.3 Å². The van der Waals surface area contributed by atoms with E-state index in [9.17, 15) is 4.79 Å². The molecule has 0 N–H and O–H groups in total. The Hall–Kier alpha value is -3.37. The molecule has 3 rings (SSSR count). The molecule has 3 aromatic rings. The van der Waals surface area contributed by atoms with Gasteiger partial charge in [0.15, 0.2) is 5.78 Å². The lowest BCUT2D eigenvalue weighted by Gasteiger charge is -2.18. The van der Waals surface area contributed by atoms with Crippen LogP contribution in [0, 0.1) is 0 Å². The van der Waals surface area contributed by atoms with Gasteiger partial charge in [0.25, 0.3) is 0 Å². The van der Waals surface area contributed by atoms with Gasteiger partial charge in [-0.05, 0) is 66.7 Å². The average molecular weight is 430 g/mol. The van der Waals surface area contributed by atoms with Gasteiger partial charge in [-0.15, -0.1) is 0 Å². The quantitative estimate of drug-likeness (QED) is 0.218. The fourth-order valence-corrected chi connectivity index (χ4v) is 3.45. The second-order valence-electron chi connectivity index (χ2n) is 7.43. The van der Waals surface area contributed by atoms with Gasteiger partial charge in [0, 0.05) is 17.7 Å². The Morgan fingerprint density at radius 1 is 0.812 bits per heavy atom. The molecule has 0 bridgehead atoms. The van der Waals surface area contributed by atoms with Gasteiger partial charge in [-0.3, -0.25) is 4.79 Å². The van der Waals surface area contributed by atoms with Crippen molar-refractivity contribution in [3.05, 3.63) is 95.6 Å². The monoisotopic (exact) mass is 429 g/mol. The van der Waals surface area contributed by atoms with E-state index in [4.69, 9.17) is 9.47 Å². The summed E-state index contributed by atoms with van der Waals surface area (Å²) in [6.45, 7) is 7.83. The molecular weight excluding hydrogens is 398 g/mol. The number of benzene rings is 3. The normalized spacial score (nSPS) is 11.4. The van der Waals surface area contributed by atoms with Crippen molar-refractivity contribution in [1.82, 2.24) is 4.90 Å². The van der Waals surface area contributed by atoms with Crippen LogP contribution in [-0.4, -0.2) is 44.0 Å². The highest BCUT2D eigenvalue weighted by Crippen LogP contribution is 2.25. The number of rotatable bonds is 11. The first-order valence-corrected chi connectivity index (χ1v) is 11.1. The number of carbonyl (C=O) groups excluding carboxylic acids is 1. The fraction of sp³-hybridized carbons (Fsp3) is 0.250. The van der Waals surface area contributed by atoms with E-state index in [1.54, 1.807) is 7.11 Å². The average Bonchev–Trinajstić information content (AvgIpc) is 2.86. The summed E-state index contributed by atoms with van der Waals surface area (Å²) in [6.07, 6.45) is 1.92. The van der Waals surface area contributed by atoms with Gasteiger partial charge in [0.05, 0.1) is 7.11 Å². The maximum absolute atomic E-state index is 13.4. The highest BCUT2D eigenvalue weighted by molar-refractivity contribution is 6.32. The van der Waals surface area contributed by atoms with Crippen molar-refractivity contribution in [2.45, 2.75) is 13.8 Å². The van der Waals surface area contributed by atoms with Crippen LogP contribution in [0.2, 0.25) is 0 Å². The Labute approximate surface area is 191 Å². The zero-order valence-electron chi connectivity index (χ0n) is 19.1. The molecule has 0 amide bonds. The number of hydrogen-bond acceptors (Lipinski definition) is 4. The summed E-state index contributed by atoms with van der Waals surface area (Å²) >= 11 is 0. The highest BCUT2D eigenvalue weighted by atomic mass is 16.5. The zero-order chi connectivity index (χ0) is 22.8. The number of hydrogen-bond donors (Lipinski definition) is 0. The van der Waals surface area contributed by atoms with Crippen LogP contribution in [0.4, 0.5) is 0 Å². The lowest BCUT2D eigenvalue weighted by molar-refractivity contribution is 0.105. The van der Waals surface area contributed by atoms with E-state index < -0.39 is 0 Å². The number of likely N-dealkylation sites (N-methyl/N-ethyl adjacent to an activating group) is 1. The predicted molar refractivity (Wildman–Crippen MR) is 131 cm³/mol. The lowest BCUT2D eigenvalue weighted by Crippen LogP contribution is -2.27. The van der Waals surface area contributed by atoms with E-state index in [1.165, 1.54) is 0 Å². The van der Waals surface area contributed by atoms with Crippen molar-refractivity contribution in [3.8, 4) is 11.5 Å². The van der Waals surface area contributed by atoms with Crippen LogP contribution in [0.25, 0.3) is 11.6 Å². The Balaban J connectivity index is 1.79. The molecule has 166 valence electrons. The number of nitrogens with zero attached hydrogens (tertiary/aromatic N) is 1. The Morgan fingerprint density at radius 2 is 1.44 bits per heavy atom. The van der Waals surface area contributed by atoms with Crippen LogP contribution in [0.3, 0.4) is 0 Å². The first-order chi connectivity index (χ1) is 15.6. The zero-order valence-corrected chi connectivity index (χ0v) is 19.1. The van der Waals surface area contributed by atoms with E-state index in [1.807, 2.05) is 84.9 Å². The molecule has 0 fully saturated rings. The molecule has 0 aliphatic carbocycles. The SMILES string of the molecule is CCN(CC)CCOc1ccc(C(=O)C(=Cc2ccc(OC)cc2)c2ccccc2)cc1. The maximum Gasteiger partial charge on any atom is 0.193 e. The fourth-order valence-electron chi connectivity index (χ4n) is 3.45. The van der Waals surface area contributed by atoms with Crippen LogP contribution in [0.5, 0.6) is 11.5 Å². The first-order valence-electron chi connectivity index (χ1n) is 11.1. The van der Waals surface area contributed by atoms with E-state index >= 15 is 0 Å². The van der Waals surface area contributed by atoms with Crippen LogP contribution in [0.1, 0.15) is 35.3 Å². The van der Waals surface area contributed by atoms with Gasteiger partial charge in [0.2, 0.25) is 0 Å². The summed E-state index contributed by atoms with van der Waals surface area (Å²) in [4.78, 5) is 15.7. The molecule has 0 saturated carbocycles. The number of carbonyl (C=O) groups is 1. The Bertz CT molecular complexity index is 1000. The number of methoxy groups -OCH3 is 1. The summed E-state index contributed by atoms with van der Waals surface area (Å²) < 4.78 is 11.1. The molecule has 32 heavy (non-hydrogen) atoms. The van der Waals surface area contributed by atoms with Gasteiger partial charge in [0.1, 0.15) is 18.1 Å². The molecule has 0 unspecified atom stereocenters. The van der Waals surface area contributed by atoms with Crippen LogP contribution in [-0.2, 0) is 0 Å². The molecule has 4 heteroatoms. The van der Waals surface area contributed by atoms with Crippen molar-refractivity contribution in [2.75, 3.05) is 33.4 Å². The number of Topliss-reactive ketones (excluding diaryl/α,β-unsaturated/α-hetero) is 1. The summed E-state index contributed by atoms with van der Waals surface area (Å²) in [6, 6.07) is 24.8. The van der Waals surface area contributed by atoms with E-state index in [2.05, 4.69) is 18.7 Å². The highest BCUT2D eigenvalue weighted by Gasteiger charge is 2.15. The van der Waals surface area contributed by atoms with Crippen LogP contribution < -0.4 is 9.47 Å². The minimum Gasteiger partial charge on any atom is -0.497 e. The molecule has 0 aromatic heterocycles. The number of ketones is 1. The largest absolute Gasteiger partial charge is 0.497 e. The molecule has 0 heterocycles. The van der Waals surface area contributed by atoms with Crippen molar-refractivity contribution in [1.29, 1.82) is 0 Å². The van der Waals surface area contributed by atoms with Crippen molar-refractivity contribution in [2.24, 2.45) is 0 Å². The molecule has 0 atom stereocenters. The minimum atomic E-state index is -0.0262. The minimum absolute atomic E-state index is 0.0262. The third-order valence-electron chi connectivity index (χ3n) is 5.44. The Kier molecular flexibility index (Phi) is 8.64. The third kappa shape index (κ3) is 6.32. The predicted octanol–water partition coefficient (Wildman–Crippen LogP) is 5.84. The van der Waals surface area contributed by atoms with E-state index in [0.29, 0.717) is 17.7 Å². The smallest absolute Gasteiger partial charge is 0.193 e. The second kappa shape index (κ2) is 11.9. The molecule has 0 aliphatic rings. The summed E-state index contributed by atoms with van der Waals surface area (Å²) in [5, 5.41) is 0. The van der Waals surface area contributed by atoms with Crippen LogP contribution >= 0.6 is 0 Å². The maximum atomic E-state index is 13.4. The van der Waals surface area contributed by atoms with Gasteiger partial charge < -0.3 is 14.4 Å². The second-order valence-corrected chi connectivity index (χ2v) is 7.43.